The Balaban J connectivity index is 1.44. The molecule has 1 amide bonds. The summed E-state index contributed by atoms with van der Waals surface area (Å²) in [7, 11) is 1.58. The number of allylic oxidation sites excluding steroid dienone is 2. The van der Waals surface area contributed by atoms with E-state index >= 15 is 8.78 Å². The van der Waals surface area contributed by atoms with Crippen molar-refractivity contribution in [3.8, 4) is 0 Å². The number of fused-ring (bicyclic) bond motifs is 1. The van der Waals surface area contributed by atoms with Gasteiger partial charge in [0, 0.05) is 43.4 Å². The second kappa shape index (κ2) is 9.53. The van der Waals surface area contributed by atoms with Crippen LogP contribution in [-0.2, 0) is 17.7 Å². The largest absolute Gasteiger partial charge is 0.378 e. The zero-order chi connectivity index (χ0) is 27.2. The molecule has 0 aliphatic carbocycles. The molecule has 12 heteroatoms. The fourth-order valence-electron chi connectivity index (χ4n) is 4.25. The third kappa shape index (κ3) is 4.47. The summed E-state index contributed by atoms with van der Waals surface area (Å²) in [4.78, 5) is 14.2. The topological polar surface area (TPSA) is 86.8 Å². The number of hydrogen-bond donors (Lipinski definition) is 1. The van der Waals surface area contributed by atoms with Crippen molar-refractivity contribution in [2.75, 3.05) is 26.3 Å². The summed E-state index contributed by atoms with van der Waals surface area (Å²) < 4.78 is 67.1. The Hall–Kier alpha value is -4.32. The molecule has 196 valence electrons. The van der Waals surface area contributed by atoms with Gasteiger partial charge in [0.15, 0.2) is 5.84 Å². The van der Waals surface area contributed by atoms with E-state index < -0.39 is 34.9 Å². The minimum absolute atomic E-state index is 0.0467. The molecule has 1 fully saturated rings. The highest BCUT2D eigenvalue weighted by Gasteiger charge is 2.44. The number of alkyl halides is 2. The normalized spacial score (nSPS) is 16.2. The highest BCUT2D eigenvalue weighted by molar-refractivity contribution is 6.11. The van der Waals surface area contributed by atoms with Crippen molar-refractivity contribution < 1.29 is 27.1 Å². The van der Waals surface area contributed by atoms with E-state index in [-0.39, 0.29) is 33.4 Å². The van der Waals surface area contributed by atoms with Crippen LogP contribution in [0.25, 0.3) is 10.9 Å². The molecule has 0 spiro atoms. The number of morpholine rings is 1. The molecule has 5 rings (SSSR count). The number of carbonyl (C=O) groups is 1. The monoisotopic (exact) mass is 526 g/mol. The molecule has 1 aromatic heterocycles. The first-order valence-corrected chi connectivity index (χ1v) is 11.6. The van der Waals surface area contributed by atoms with Gasteiger partial charge in [-0.15, -0.1) is 0 Å². The summed E-state index contributed by atoms with van der Waals surface area (Å²) in [6.07, 6.45) is 4.21. The van der Waals surface area contributed by atoms with Crippen molar-refractivity contribution in [1.29, 1.82) is 5.41 Å². The van der Waals surface area contributed by atoms with Crippen LogP contribution in [0.1, 0.15) is 21.5 Å². The maximum atomic E-state index is 15.4. The van der Waals surface area contributed by atoms with Crippen molar-refractivity contribution in [2.24, 2.45) is 12.1 Å². The van der Waals surface area contributed by atoms with Gasteiger partial charge in [0.05, 0.1) is 41.3 Å². The van der Waals surface area contributed by atoms with Crippen LogP contribution in [0.2, 0.25) is 0 Å². The molecular formula is C26H22F4N6O2. The highest BCUT2D eigenvalue weighted by atomic mass is 19.3. The Morgan fingerprint density at radius 2 is 1.84 bits per heavy atom. The van der Waals surface area contributed by atoms with Gasteiger partial charge in [-0.3, -0.25) is 14.9 Å². The maximum Gasteiger partial charge on any atom is 0.334 e. The number of halogens is 4. The van der Waals surface area contributed by atoms with E-state index in [0.717, 1.165) is 18.2 Å². The number of carbonyl (C=O) groups excluding carboxylic acids is 1. The molecule has 0 atom stereocenters. The number of amides is 1. The van der Waals surface area contributed by atoms with Crippen molar-refractivity contribution in [3.63, 3.8) is 0 Å². The van der Waals surface area contributed by atoms with Gasteiger partial charge in [-0.2, -0.15) is 19.0 Å². The van der Waals surface area contributed by atoms with Crippen molar-refractivity contribution >= 4 is 28.4 Å². The van der Waals surface area contributed by atoms with Crippen LogP contribution in [0.15, 0.2) is 66.1 Å². The Morgan fingerprint density at radius 1 is 1.11 bits per heavy atom. The van der Waals surface area contributed by atoms with Gasteiger partial charge in [0.1, 0.15) is 11.6 Å². The van der Waals surface area contributed by atoms with E-state index in [2.05, 4.69) is 16.8 Å². The molecular weight excluding hydrogens is 504 g/mol. The van der Waals surface area contributed by atoms with Crippen LogP contribution in [0.3, 0.4) is 0 Å². The minimum Gasteiger partial charge on any atom is -0.378 e. The first-order chi connectivity index (χ1) is 18.1. The third-order valence-corrected chi connectivity index (χ3v) is 6.26. The number of ether oxygens (including phenoxy) is 1. The molecule has 3 heterocycles. The number of hydrogen-bond acceptors (Lipinski definition) is 5. The molecule has 2 aliphatic heterocycles. The number of nitrogens with one attached hydrogen (secondary N) is 1. The van der Waals surface area contributed by atoms with Crippen LogP contribution in [0.4, 0.5) is 17.6 Å². The maximum absolute atomic E-state index is 15.4. The Morgan fingerprint density at radius 3 is 2.55 bits per heavy atom. The van der Waals surface area contributed by atoms with E-state index in [1.165, 1.54) is 40.1 Å². The van der Waals surface area contributed by atoms with Gasteiger partial charge in [-0.05, 0) is 30.4 Å². The summed E-state index contributed by atoms with van der Waals surface area (Å²) in [6, 6.07) is 5.63. The molecule has 0 radical (unpaired) electrons. The highest BCUT2D eigenvalue weighted by Crippen LogP contribution is 2.36. The number of rotatable bonds is 4. The standard InChI is InChI=1S/C26H22F4N6O2/c1-15-3-6-22(16-4-5-18(20(27)12-16)24(37)35-7-9-38-10-8-35)33-36(15)25(31)26(29,30)19-11-17-14-34(2)32-23(17)13-21(19)28/h3-6,11-14,31H,1,7-10H2,2H3. The lowest BCUT2D eigenvalue weighted by molar-refractivity contribution is 0.0300. The predicted molar refractivity (Wildman–Crippen MR) is 132 cm³/mol. The number of nitrogens with zero attached hydrogens (tertiary/aromatic N) is 5. The van der Waals surface area contributed by atoms with Crippen LogP contribution < -0.4 is 0 Å². The second-order valence-corrected chi connectivity index (χ2v) is 8.84. The average molecular weight is 526 g/mol. The first-order valence-electron chi connectivity index (χ1n) is 11.6. The average Bonchev–Trinajstić information content (AvgIpc) is 3.26. The van der Waals surface area contributed by atoms with Gasteiger partial charge in [0.25, 0.3) is 5.91 Å². The number of amidine groups is 1. The van der Waals surface area contributed by atoms with Crippen LogP contribution in [-0.4, -0.2) is 63.4 Å². The number of hydrazone groups is 1. The molecule has 1 saturated heterocycles. The van der Waals surface area contributed by atoms with Gasteiger partial charge in [-0.25, -0.2) is 13.8 Å². The van der Waals surface area contributed by atoms with E-state index in [0.29, 0.717) is 31.3 Å². The Kier molecular flexibility index (Phi) is 6.35. The third-order valence-electron chi connectivity index (χ3n) is 6.26. The fraction of sp³-hybridized carbons (Fsp3) is 0.231. The zero-order valence-electron chi connectivity index (χ0n) is 20.2. The smallest absolute Gasteiger partial charge is 0.334 e. The van der Waals surface area contributed by atoms with Crippen LogP contribution in [0.5, 0.6) is 0 Å². The quantitative estimate of drug-likeness (QED) is 0.314. The molecule has 2 aliphatic rings. The molecule has 3 aromatic rings. The molecule has 2 aromatic carbocycles. The SMILES string of the molecule is C=C1C=CC(c2ccc(C(=O)N3CCOCC3)c(F)c2)=NN1C(=N)C(F)(F)c1cc2cn(C)nc2cc1F. The first kappa shape index (κ1) is 25.3. The number of aryl methyl sites for hydroxylation is 1. The van der Waals surface area contributed by atoms with Crippen LogP contribution in [0, 0.1) is 17.0 Å². The fourth-order valence-corrected chi connectivity index (χ4v) is 4.25. The molecule has 0 saturated carbocycles. The van der Waals surface area contributed by atoms with Gasteiger partial charge < -0.3 is 9.64 Å². The lowest BCUT2D eigenvalue weighted by Crippen LogP contribution is -2.41. The summed E-state index contributed by atoms with van der Waals surface area (Å²) >= 11 is 0. The molecule has 0 unspecified atom stereocenters. The lowest BCUT2D eigenvalue weighted by Gasteiger charge is -2.29. The van der Waals surface area contributed by atoms with Crippen LogP contribution >= 0.6 is 0 Å². The van der Waals surface area contributed by atoms with Gasteiger partial charge in [0.2, 0.25) is 0 Å². The Bertz CT molecular complexity index is 1540. The van der Waals surface area contributed by atoms with Gasteiger partial charge >= 0.3 is 5.92 Å². The van der Waals surface area contributed by atoms with Crippen molar-refractivity contribution in [1.82, 2.24) is 19.7 Å². The molecule has 8 nitrogen and oxygen atoms in total. The van der Waals surface area contributed by atoms with E-state index in [9.17, 15) is 13.6 Å². The predicted octanol–water partition coefficient (Wildman–Crippen LogP) is 4.18. The van der Waals surface area contributed by atoms with E-state index in [1.54, 1.807) is 7.05 Å². The Labute approximate surface area is 214 Å². The number of benzene rings is 2. The second-order valence-electron chi connectivity index (χ2n) is 8.84. The molecule has 1 N–H and O–H groups in total. The summed E-state index contributed by atoms with van der Waals surface area (Å²) in [5.41, 5.74) is -0.795. The summed E-state index contributed by atoms with van der Waals surface area (Å²) in [6.45, 7) is 5.07. The summed E-state index contributed by atoms with van der Waals surface area (Å²) in [5.74, 6) is -7.95. The minimum atomic E-state index is -4.09. The van der Waals surface area contributed by atoms with Gasteiger partial charge in [-0.1, -0.05) is 12.6 Å². The summed E-state index contributed by atoms with van der Waals surface area (Å²) in [5, 5.41) is 17.1. The number of aromatic nitrogens is 2. The van der Waals surface area contributed by atoms with E-state index in [1.807, 2.05) is 0 Å². The molecule has 0 bridgehead atoms. The molecule has 38 heavy (non-hydrogen) atoms. The van der Waals surface area contributed by atoms with E-state index in [4.69, 9.17) is 10.1 Å². The van der Waals surface area contributed by atoms with Crippen molar-refractivity contribution in [2.45, 2.75) is 5.92 Å². The lowest BCUT2D eigenvalue weighted by atomic mass is 10.0. The van der Waals surface area contributed by atoms with Crippen molar-refractivity contribution in [3.05, 3.63) is 89.3 Å². The zero-order valence-corrected chi connectivity index (χ0v) is 20.2.